The number of rotatable bonds is 5. The molecule has 3 rings (SSSR count). The molecule has 8 heteroatoms. The van der Waals surface area contributed by atoms with Crippen LogP contribution in [0.5, 0.6) is 0 Å². The number of nitro groups is 1. The van der Waals surface area contributed by atoms with E-state index < -0.39 is 10.8 Å². The van der Waals surface area contributed by atoms with Crippen LogP contribution in [-0.2, 0) is 6.42 Å². The number of nitrogens with zero attached hydrogens (tertiary/aromatic N) is 2. The van der Waals surface area contributed by atoms with E-state index in [2.05, 4.69) is 15.5 Å². The molecule has 0 aliphatic heterocycles. The zero-order valence-corrected chi connectivity index (χ0v) is 14.4. The Labute approximate surface area is 149 Å². The molecule has 132 valence electrons. The summed E-state index contributed by atoms with van der Waals surface area (Å²) >= 11 is 5.98. The van der Waals surface area contributed by atoms with E-state index in [0.717, 1.165) is 18.2 Å². The highest BCUT2D eigenvalue weighted by atomic mass is 35.5. The van der Waals surface area contributed by atoms with E-state index in [1.807, 2.05) is 6.07 Å². The van der Waals surface area contributed by atoms with Crippen LogP contribution in [0.25, 0.3) is 0 Å². The van der Waals surface area contributed by atoms with E-state index in [1.54, 1.807) is 0 Å². The number of carbonyl (C=O) groups is 1. The molecule has 1 amide bonds. The molecule has 1 aromatic heterocycles. The van der Waals surface area contributed by atoms with Crippen molar-refractivity contribution in [2.45, 2.75) is 38.5 Å². The fourth-order valence-corrected chi connectivity index (χ4v) is 3.48. The first-order chi connectivity index (χ1) is 12.0. The first-order valence-electron chi connectivity index (χ1n) is 8.32. The maximum atomic E-state index is 12.3. The Hall–Kier alpha value is -2.41. The van der Waals surface area contributed by atoms with Gasteiger partial charge in [-0.25, -0.2) is 0 Å². The van der Waals surface area contributed by atoms with Crippen LogP contribution in [0, 0.1) is 16.0 Å². The number of anilines is 1. The minimum absolute atomic E-state index is 0.0321. The Bertz CT molecular complexity index is 784. The molecule has 0 spiro atoms. The van der Waals surface area contributed by atoms with Gasteiger partial charge in [-0.05, 0) is 18.4 Å². The lowest BCUT2D eigenvalue weighted by Crippen LogP contribution is -2.13. The van der Waals surface area contributed by atoms with Gasteiger partial charge >= 0.3 is 0 Å². The van der Waals surface area contributed by atoms with Crippen molar-refractivity contribution in [3.63, 3.8) is 0 Å². The fourth-order valence-electron chi connectivity index (χ4n) is 3.22. The van der Waals surface area contributed by atoms with Crippen molar-refractivity contribution in [2.24, 2.45) is 5.92 Å². The normalized spacial score (nSPS) is 15.1. The Balaban J connectivity index is 1.64. The first kappa shape index (κ1) is 17.4. The third kappa shape index (κ3) is 4.36. The number of hydrogen-bond donors (Lipinski definition) is 2. The summed E-state index contributed by atoms with van der Waals surface area (Å²) in [7, 11) is 0. The van der Waals surface area contributed by atoms with Gasteiger partial charge in [0.15, 0.2) is 5.82 Å². The molecule has 1 aliphatic carbocycles. The summed E-state index contributed by atoms with van der Waals surface area (Å²) < 4.78 is 0. The van der Waals surface area contributed by atoms with Crippen molar-refractivity contribution in [1.82, 2.24) is 10.2 Å². The van der Waals surface area contributed by atoms with Crippen LogP contribution in [0.4, 0.5) is 11.5 Å². The Morgan fingerprint density at radius 3 is 2.76 bits per heavy atom. The molecule has 0 radical (unpaired) electrons. The molecule has 0 bridgehead atoms. The van der Waals surface area contributed by atoms with Crippen LogP contribution in [0.3, 0.4) is 0 Å². The number of hydrogen-bond acceptors (Lipinski definition) is 4. The second-order valence-corrected chi connectivity index (χ2v) is 6.77. The smallest absolute Gasteiger partial charge is 0.270 e. The zero-order chi connectivity index (χ0) is 17.8. The van der Waals surface area contributed by atoms with Gasteiger partial charge in [-0.1, -0.05) is 43.7 Å². The number of amides is 1. The van der Waals surface area contributed by atoms with Crippen LogP contribution < -0.4 is 5.32 Å². The Morgan fingerprint density at radius 2 is 2.08 bits per heavy atom. The number of carbonyl (C=O) groups excluding carboxylic acids is 1. The van der Waals surface area contributed by atoms with Gasteiger partial charge in [-0.15, -0.1) is 0 Å². The highest BCUT2D eigenvalue weighted by Crippen LogP contribution is 2.27. The Kier molecular flexibility index (Phi) is 5.33. The molecule has 0 unspecified atom stereocenters. The van der Waals surface area contributed by atoms with Crippen LogP contribution in [0.2, 0.25) is 5.02 Å². The van der Waals surface area contributed by atoms with E-state index in [0.29, 0.717) is 11.7 Å². The standard InChI is InChI=1S/C17H19ClN4O3/c18-15-10-13(22(24)25)6-7-14(15)17(23)19-16-9-12(20-21-16)8-11-4-2-1-3-5-11/h6-7,9-11H,1-5,8H2,(H2,19,20,21,23). The molecule has 0 saturated heterocycles. The van der Waals surface area contributed by atoms with E-state index in [-0.39, 0.29) is 16.3 Å². The van der Waals surface area contributed by atoms with Crippen LogP contribution >= 0.6 is 11.6 Å². The minimum atomic E-state index is -0.557. The predicted octanol–water partition coefficient (Wildman–Crippen LogP) is 4.35. The number of non-ortho nitro benzene ring substituents is 1. The average molecular weight is 363 g/mol. The van der Waals surface area contributed by atoms with E-state index in [9.17, 15) is 14.9 Å². The molecule has 25 heavy (non-hydrogen) atoms. The second kappa shape index (κ2) is 7.65. The van der Waals surface area contributed by atoms with Gasteiger partial charge in [0.25, 0.3) is 11.6 Å². The van der Waals surface area contributed by atoms with Crippen molar-refractivity contribution < 1.29 is 9.72 Å². The molecular weight excluding hydrogens is 344 g/mol. The molecule has 2 N–H and O–H groups in total. The predicted molar refractivity (Wildman–Crippen MR) is 94.9 cm³/mol. The largest absolute Gasteiger partial charge is 0.305 e. The monoisotopic (exact) mass is 362 g/mol. The van der Waals surface area contributed by atoms with Gasteiger partial charge in [-0.2, -0.15) is 5.10 Å². The SMILES string of the molecule is O=C(Nc1cc(CC2CCCCC2)[nH]n1)c1ccc([N+](=O)[O-])cc1Cl. The lowest BCUT2D eigenvalue weighted by Gasteiger charge is -2.20. The van der Waals surface area contributed by atoms with E-state index in [1.165, 1.54) is 44.2 Å². The third-order valence-corrected chi connectivity index (χ3v) is 4.83. The van der Waals surface area contributed by atoms with Crippen molar-refractivity contribution >= 4 is 29.0 Å². The highest BCUT2D eigenvalue weighted by molar-refractivity contribution is 6.34. The van der Waals surface area contributed by atoms with E-state index >= 15 is 0 Å². The number of benzene rings is 1. The summed E-state index contributed by atoms with van der Waals surface area (Å²) in [6, 6.07) is 5.58. The maximum Gasteiger partial charge on any atom is 0.270 e. The molecule has 1 fully saturated rings. The molecule has 1 aliphatic rings. The average Bonchev–Trinajstić information content (AvgIpc) is 3.02. The van der Waals surface area contributed by atoms with Gasteiger partial charge in [0.2, 0.25) is 0 Å². The first-order valence-corrected chi connectivity index (χ1v) is 8.70. The summed E-state index contributed by atoms with van der Waals surface area (Å²) in [5, 5.41) is 20.5. The van der Waals surface area contributed by atoms with Crippen LogP contribution in [0.15, 0.2) is 24.3 Å². The molecule has 7 nitrogen and oxygen atoms in total. The summed E-state index contributed by atoms with van der Waals surface area (Å²) in [6.45, 7) is 0. The number of halogens is 1. The lowest BCUT2D eigenvalue weighted by molar-refractivity contribution is -0.384. The van der Waals surface area contributed by atoms with Crippen molar-refractivity contribution in [2.75, 3.05) is 5.32 Å². The van der Waals surface area contributed by atoms with Gasteiger partial charge in [0, 0.05) is 23.9 Å². The quantitative estimate of drug-likeness (QED) is 0.609. The number of aromatic amines is 1. The third-order valence-electron chi connectivity index (χ3n) is 4.51. The summed E-state index contributed by atoms with van der Waals surface area (Å²) in [5.74, 6) is 0.641. The topological polar surface area (TPSA) is 101 Å². The van der Waals surface area contributed by atoms with E-state index in [4.69, 9.17) is 11.6 Å². The lowest BCUT2D eigenvalue weighted by atomic mass is 9.86. The molecule has 0 atom stereocenters. The minimum Gasteiger partial charge on any atom is -0.305 e. The number of H-pyrrole nitrogens is 1. The van der Waals surface area contributed by atoms with Gasteiger partial charge < -0.3 is 5.32 Å². The number of aromatic nitrogens is 2. The molecule has 1 heterocycles. The molecule has 2 aromatic rings. The van der Waals surface area contributed by atoms with Crippen molar-refractivity contribution in [3.8, 4) is 0 Å². The van der Waals surface area contributed by atoms with Gasteiger partial charge in [-0.3, -0.25) is 20.0 Å². The van der Waals surface area contributed by atoms with Crippen LogP contribution in [0.1, 0.15) is 48.2 Å². The second-order valence-electron chi connectivity index (χ2n) is 6.36. The molecular formula is C17H19ClN4O3. The van der Waals surface area contributed by atoms with Crippen molar-refractivity contribution in [1.29, 1.82) is 0 Å². The Morgan fingerprint density at radius 1 is 1.32 bits per heavy atom. The summed E-state index contributed by atoms with van der Waals surface area (Å²) in [5.41, 5.74) is 1.01. The summed E-state index contributed by atoms with van der Waals surface area (Å²) in [4.78, 5) is 22.5. The van der Waals surface area contributed by atoms with Gasteiger partial charge in [0.05, 0.1) is 15.5 Å². The summed E-state index contributed by atoms with van der Waals surface area (Å²) in [6.07, 6.45) is 7.28. The zero-order valence-electron chi connectivity index (χ0n) is 13.6. The van der Waals surface area contributed by atoms with Crippen LogP contribution in [-0.4, -0.2) is 21.0 Å². The molecule has 1 saturated carbocycles. The van der Waals surface area contributed by atoms with Crippen molar-refractivity contribution in [3.05, 3.63) is 50.7 Å². The fraction of sp³-hybridized carbons (Fsp3) is 0.412. The number of nitrogens with one attached hydrogen (secondary N) is 2. The molecule has 1 aromatic carbocycles. The number of nitro benzene ring substituents is 1. The highest BCUT2D eigenvalue weighted by Gasteiger charge is 2.18. The van der Waals surface area contributed by atoms with Gasteiger partial charge in [0.1, 0.15) is 0 Å². The maximum absolute atomic E-state index is 12.3.